The van der Waals surface area contributed by atoms with E-state index in [0.29, 0.717) is 17.9 Å². The molecule has 2 aromatic rings. The van der Waals surface area contributed by atoms with Crippen molar-refractivity contribution >= 4 is 0 Å². The summed E-state index contributed by atoms with van der Waals surface area (Å²) in [7, 11) is 0. The van der Waals surface area contributed by atoms with Crippen molar-refractivity contribution in [3.05, 3.63) is 64.5 Å². The zero-order valence-electron chi connectivity index (χ0n) is 11.2. The van der Waals surface area contributed by atoms with Gasteiger partial charge in [0.15, 0.2) is 0 Å². The first-order chi connectivity index (χ1) is 9.74. The van der Waals surface area contributed by atoms with Crippen molar-refractivity contribution in [2.45, 2.75) is 32.5 Å². The van der Waals surface area contributed by atoms with Gasteiger partial charge < -0.3 is 9.84 Å². The summed E-state index contributed by atoms with van der Waals surface area (Å²) in [6.45, 7) is 0.231. The first-order valence-electron chi connectivity index (χ1n) is 6.88. The number of hydrogen-bond donors (Lipinski definition) is 1. The summed E-state index contributed by atoms with van der Waals surface area (Å²) in [6, 6.07) is 10.7. The van der Waals surface area contributed by atoms with Crippen LogP contribution in [0.3, 0.4) is 0 Å². The molecule has 3 heteroatoms. The van der Waals surface area contributed by atoms with Crippen LogP contribution in [-0.2, 0) is 26.1 Å². The van der Waals surface area contributed by atoms with Gasteiger partial charge in [0.25, 0.3) is 0 Å². The van der Waals surface area contributed by atoms with Crippen LogP contribution in [0, 0.1) is 5.82 Å². The van der Waals surface area contributed by atoms with Gasteiger partial charge in [0.05, 0.1) is 6.61 Å². The average molecular weight is 272 g/mol. The molecule has 1 aliphatic carbocycles. The summed E-state index contributed by atoms with van der Waals surface area (Å²) in [5, 5.41) is 9.06. The second-order valence-electron chi connectivity index (χ2n) is 5.20. The molecule has 104 valence electrons. The first kappa shape index (κ1) is 13.1. The van der Waals surface area contributed by atoms with E-state index in [-0.39, 0.29) is 12.4 Å². The highest BCUT2D eigenvalue weighted by Gasteiger charge is 2.11. The quantitative estimate of drug-likeness (QED) is 0.924. The number of halogens is 1. The molecule has 0 unspecified atom stereocenters. The first-order valence-corrected chi connectivity index (χ1v) is 6.88. The Kier molecular flexibility index (Phi) is 3.70. The van der Waals surface area contributed by atoms with Crippen LogP contribution in [-0.4, -0.2) is 5.11 Å². The maximum Gasteiger partial charge on any atom is 0.127 e. The van der Waals surface area contributed by atoms with E-state index in [4.69, 9.17) is 9.84 Å². The van der Waals surface area contributed by atoms with Crippen molar-refractivity contribution in [3.63, 3.8) is 0 Å². The van der Waals surface area contributed by atoms with Crippen molar-refractivity contribution in [1.82, 2.24) is 0 Å². The molecular weight excluding hydrogens is 255 g/mol. The lowest BCUT2D eigenvalue weighted by Crippen LogP contribution is -1.98. The predicted molar refractivity (Wildman–Crippen MR) is 75.1 cm³/mol. The lowest BCUT2D eigenvalue weighted by atomic mass is 10.1. The Morgan fingerprint density at radius 2 is 1.85 bits per heavy atom. The van der Waals surface area contributed by atoms with Gasteiger partial charge in [0, 0.05) is 6.07 Å². The smallest absolute Gasteiger partial charge is 0.127 e. The van der Waals surface area contributed by atoms with Gasteiger partial charge in [-0.25, -0.2) is 4.39 Å². The number of aliphatic hydroxyl groups excluding tert-OH is 1. The highest BCUT2D eigenvalue weighted by atomic mass is 19.1. The van der Waals surface area contributed by atoms with Gasteiger partial charge in [-0.2, -0.15) is 0 Å². The second-order valence-corrected chi connectivity index (χ2v) is 5.20. The summed E-state index contributed by atoms with van der Waals surface area (Å²) < 4.78 is 19.0. The van der Waals surface area contributed by atoms with Crippen LogP contribution in [0.25, 0.3) is 0 Å². The van der Waals surface area contributed by atoms with Crippen molar-refractivity contribution in [3.8, 4) is 5.75 Å². The highest BCUT2D eigenvalue weighted by molar-refractivity contribution is 5.35. The number of aliphatic hydroxyl groups is 1. The number of benzene rings is 2. The Bertz CT molecular complexity index is 622. The van der Waals surface area contributed by atoms with Crippen LogP contribution < -0.4 is 4.74 Å². The van der Waals surface area contributed by atoms with Gasteiger partial charge in [-0.3, -0.25) is 0 Å². The third-order valence-corrected chi connectivity index (χ3v) is 3.68. The fourth-order valence-corrected chi connectivity index (χ4v) is 2.68. The number of rotatable bonds is 4. The fraction of sp³-hybridized carbons (Fsp3) is 0.294. The van der Waals surface area contributed by atoms with Crippen LogP contribution >= 0.6 is 0 Å². The molecule has 1 aliphatic rings. The standard InChI is InChI=1S/C17H17FO2/c18-16-7-13(10-19)8-17(9-16)20-11-12-4-5-14-2-1-3-15(14)6-12/h4-9,19H,1-3,10-11H2. The Morgan fingerprint density at radius 3 is 2.70 bits per heavy atom. The molecular formula is C17H17FO2. The Hall–Kier alpha value is -1.87. The van der Waals surface area contributed by atoms with Crippen LogP contribution in [0.1, 0.15) is 28.7 Å². The summed E-state index contributed by atoms with van der Waals surface area (Å²) in [4.78, 5) is 0. The van der Waals surface area contributed by atoms with E-state index in [0.717, 1.165) is 12.0 Å². The van der Waals surface area contributed by atoms with Crippen LogP contribution in [0.5, 0.6) is 5.75 Å². The minimum Gasteiger partial charge on any atom is -0.489 e. The van der Waals surface area contributed by atoms with Crippen LogP contribution in [0.15, 0.2) is 36.4 Å². The minimum atomic E-state index is -0.388. The molecule has 0 aromatic heterocycles. The highest BCUT2D eigenvalue weighted by Crippen LogP contribution is 2.24. The van der Waals surface area contributed by atoms with E-state index in [1.807, 2.05) is 0 Å². The molecule has 0 heterocycles. The molecule has 0 amide bonds. The minimum absolute atomic E-state index is 0.188. The molecule has 2 aromatic carbocycles. The molecule has 2 nitrogen and oxygen atoms in total. The van der Waals surface area contributed by atoms with Crippen LogP contribution in [0.2, 0.25) is 0 Å². The average Bonchev–Trinajstić information content (AvgIpc) is 2.92. The Morgan fingerprint density at radius 1 is 1.00 bits per heavy atom. The Labute approximate surface area is 117 Å². The SMILES string of the molecule is OCc1cc(F)cc(OCc2ccc3c(c2)CCC3)c1. The molecule has 20 heavy (non-hydrogen) atoms. The van der Waals surface area contributed by atoms with Gasteiger partial charge in [-0.1, -0.05) is 18.2 Å². The van der Waals surface area contributed by atoms with Gasteiger partial charge in [0.1, 0.15) is 18.2 Å². The third kappa shape index (κ3) is 2.83. The fourth-order valence-electron chi connectivity index (χ4n) is 2.68. The number of fused-ring (bicyclic) bond motifs is 1. The van der Waals surface area contributed by atoms with Gasteiger partial charge in [-0.15, -0.1) is 0 Å². The van der Waals surface area contributed by atoms with E-state index in [1.165, 1.54) is 36.1 Å². The molecule has 0 atom stereocenters. The summed E-state index contributed by atoms with van der Waals surface area (Å²) >= 11 is 0. The summed E-state index contributed by atoms with van der Waals surface area (Å²) in [5.41, 5.74) is 4.46. The maximum absolute atomic E-state index is 13.3. The molecule has 0 aliphatic heterocycles. The molecule has 0 bridgehead atoms. The van der Waals surface area contributed by atoms with Gasteiger partial charge >= 0.3 is 0 Å². The largest absolute Gasteiger partial charge is 0.489 e. The number of aryl methyl sites for hydroxylation is 2. The lowest BCUT2D eigenvalue weighted by Gasteiger charge is -2.09. The zero-order chi connectivity index (χ0) is 13.9. The third-order valence-electron chi connectivity index (χ3n) is 3.68. The molecule has 0 radical (unpaired) electrons. The normalized spacial score (nSPS) is 13.3. The number of ether oxygens (including phenoxy) is 1. The molecule has 0 spiro atoms. The molecule has 3 rings (SSSR count). The van der Waals surface area contributed by atoms with Crippen molar-refractivity contribution in [2.24, 2.45) is 0 Å². The van der Waals surface area contributed by atoms with Crippen molar-refractivity contribution in [2.75, 3.05) is 0 Å². The predicted octanol–water partition coefficient (Wildman–Crippen LogP) is 3.39. The van der Waals surface area contributed by atoms with E-state index in [9.17, 15) is 4.39 Å². The molecule has 1 N–H and O–H groups in total. The second kappa shape index (κ2) is 5.63. The zero-order valence-corrected chi connectivity index (χ0v) is 11.2. The Balaban J connectivity index is 1.71. The van der Waals surface area contributed by atoms with Crippen molar-refractivity contribution < 1.29 is 14.2 Å². The molecule has 0 fully saturated rings. The lowest BCUT2D eigenvalue weighted by molar-refractivity contribution is 0.276. The van der Waals surface area contributed by atoms with E-state index >= 15 is 0 Å². The van der Waals surface area contributed by atoms with E-state index in [1.54, 1.807) is 6.07 Å². The van der Waals surface area contributed by atoms with Gasteiger partial charge in [-0.05, 0) is 53.6 Å². The van der Waals surface area contributed by atoms with Gasteiger partial charge in [0.2, 0.25) is 0 Å². The van der Waals surface area contributed by atoms with Crippen molar-refractivity contribution in [1.29, 1.82) is 0 Å². The monoisotopic (exact) mass is 272 g/mol. The number of hydrogen-bond acceptors (Lipinski definition) is 2. The summed E-state index contributed by atoms with van der Waals surface area (Å²) in [5.74, 6) is 0.0649. The molecule has 0 saturated heterocycles. The van der Waals surface area contributed by atoms with E-state index < -0.39 is 0 Å². The van der Waals surface area contributed by atoms with E-state index in [2.05, 4.69) is 18.2 Å². The molecule has 0 saturated carbocycles. The summed E-state index contributed by atoms with van der Waals surface area (Å²) in [6.07, 6.45) is 3.53. The maximum atomic E-state index is 13.3. The van der Waals surface area contributed by atoms with Crippen LogP contribution in [0.4, 0.5) is 4.39 Å². The topological polar surface area (TPSA) is 29.5 Å².